The highest BCUT2D eigenvalue weighted by atomic mass is 15.2. The monoisotopic (exact) mass is 250 g/mol. The van der Waals surface area contributed by atoms with Gasteiger partial charge in [-0.25, -0.2) is 4.98 Å². The average molecular weight is 250 g/mol. The fraction of sp³-hybridized carbons (Fsp3) is 0.714. The number of aromatic nitrogens is 2. The Labute approximate surface area is 111 Å². The molecule has 0 fully saturated rings. The molecule has 0 saturated carbocycles. The van der Waals surface area contributed by atoms with Crippen molar-refractivity contribution in [2.75, 3.05) is 23.3 Å². The zero-order chi connectivity index (χ0) is 13.5. The Balaban J connectivity index is 2.95. The summed E-state index contributed by atoms with van der Waals surface area (Å²) < 4.78 is 0. The summed E-state index contributed by atoms with van der Waals surface area (Å²) in [6.07, 6.45) is 2.20. The molecule has 4 nitrogen and oxygen atoms in total. The molecule has 1 atom stereocenters. The number of hydrogen-bond donors (Lipinski definition) is 1. The van der Waals surface area contributed by atoms with Crippen molar-refractivity contribution in [2.45, 2.75) is 53.5 Å². The molecule has 0 aliphatic heterocycles. The summed E-state index contributed by atoms with van der Waals surface area (Å²) in [4.78, 5) is 11.4. The van der Waals surface area contributed by atoms with E-state index in [2.05, 4.69) is 53.9 Å². The molecule has 0 aliphatic rings. The van der Waals surface area contributed by atoms with Crippen LogP contribution in [0.5, 0.6) is 0 Å². The minimum atomic E-state index is 0.503. The van der Waals surface area contributed by atoms with E-state index in [0.29, 0.717) is 6.04 Å². The van der Waals surface area contributed by atoms with E-state index in [4.69, 9.17) is 0 Å². The lowest BCUT2D eigenvalue weighted by Gasteiger charge is -2.28. The Bertz CT molecular complexity index is 365. The van der Waals surface area contributed by atoms with Crippen LogP contribution in [0.1, 0.15) is 46.2 Å². The first-order valence-corrected chi connectivity index (χ1v) is 6.98. The standard InChI is InChI=1S/C14H26N4/c1-6-9-15-14-16-11(4)10-13(17-14)18(8-3)12(5)7-2/h10,12H,6-9H2,1-5H3,(H,15,16,17). The third kappa shape index (κ3) is 3.86. The Hall–Kier alpha value is -1.32. The molecule has 0 saturated heterocycles. The van der Waals surface area contributed by atoms with Crippen molar-refractivity contribution in [1.29, 1.82) is 0 Å². The van der Waals surface area contributed by atoms with Crippen LogP contribution in [0, 0.1) is 6.92 Å². The summed E-state index contributed by atoms with van der Waals surface area (Å²) in [5.74, 6) is 1.77. The van der Waals surface area contributed by atoms with E-state index < -0.39 is 0 Å². The number of rotatable bonds is 7. The van der Waals surface area contributed by atoms with Crippen LogP contribution in [0.2, 0.25) is 0 Å². The topological polar surface area (TPSA) is 41.1 Å². The summed E-state index contributed by atoms with van der Waals surface area (Å²) in [6.45, 7) is 12.7. The molecule has 0 aliphatic carbocycles. The lowest BCUT2D eigenvalue weighted by atomic mass is 10.2. The maximum atomic E-state index is 4.62. The highest BCUT2D eigenvalue weighted by molar-refractivity contribution is 5.45. The normalized spacial score (nSPS) is 12.3. The maximum Gasteiger partial charge on any atom is 0.224 e. The fourth-order valence-corrected chi connectivity index (χ4v) is 1.93. The van der Waals surface area contributed by atoms with Crippen molar-refractivity contribution in [3.8, 4) is 0 Å². The van der Waals surface area contributed by atoms with Crippen LogP contribution in [-0.4, -0.2) is 29.1 Å². The molecule has 0 amide bonds. The second-order valence-corrected chi connectivity index (χ2v) is 4.66. The van der Waals surface area contributed by atoms with Crippen LogP contribution in [0.4, 0.5) is 11.8 Å². The molecule has 18 heavy (non-hydrogen) atoms. The molecular formula is C14H26N4. The zero-order valence-corrected chi connectivity index (χ0v) is 12.3. The molecular weight excluding hydrogens is 224 g/mol. The molecule has 1 rings (SSSR count). The van der Waals surface area contributed by atoms with E-state index >= 15 is 0 Å². The smallest absolute Gasteiger partial charge is 0.224 e. The third-order valence-electron chi connectivity index (χ3n) is 3.13. The van der Waals surface area contributed by atoms with Gasteiger partial charge in [0.05, 0.1) is 0 Å². The van der Waals surface area contributed by atoms with Gasteiger partial charge >= 0.3 is 0 Å². The van der Waals surface area contributed by atoms with Gasteiger partial charge < -0.3 is 10.2 Å². The molecule has 102 valence electrons. The van der Waals surface area contributed by atoms with Gasteiger partial charge in [0.15, 0.2) is 0 Å². The molecule has 4 heteroatoms. The highest BCUT2D eigenvalue weighted by Gasteiger charge is 2.13. The predicted molar refractivity (Wildman–Crippen MR) is 78.3 cm³/mol. The fourth-order valence-electron chi connectivity index (χ4n) is 1.93. The number of anilines is 2. The quantitative estimate of drug-likeness (QED) is 0.806. The van der Waals surface area contributed by atoms with Crippen LogP contribution in [-0.2, 0) is 0 Å². The summed E-state index contributed by atoms with van der Waals surface area (Å²) in [5.41, 5.74) is 1.01. The summed E-state index contributed by atoms with van der Waals surface area (Å²) in [5, 5.41) is 3.26. The molecule has 0 spiro atoms. The van der Waals surface area contributed by atoms with Crippen molar-refractivity contribution in [2.24, 2.45) is 0 Å². The Morgan fingerprint density at radius 2 is 2.00 bits per heavy atom. The number of aryl methyl sites for hydroxylation is 1. The molecule has 1 aromatic heterocycles. The molecule has 0 radical (unpaired) electrons. The third-order valence-corrected chi connectivity index (χ3v) is 3.13. The number of nitrogens with zero attached hydrogens (tertiary/aromatic N) is 3. The van der Waals surface area contributed by atoms with Crippen molar-refractivity contribution in [1.82, 2.24) is 9.97 Å². The minimum Gasteiger partial charge on any atom is -0.354 e. The Kier molecular flexibility index (Phi) is 5.89. The van der Waals surface area contributed by atoms with Crippen molar-refractivity contribution < 1.29 is 0 Å². The van der Waals surface area contributed by atoms with Gasteiger partial charge in [-0.15, -0.1) is 0 Å². The van der Waals surface area contributed by atoms with E-state index in [9.17, 15) is 0 Å². The molecule has 1 heterocycles. The first kappa shape index (κ1) is 14.7. The Morgan fingerprint density at radius 1 is 1.28 bits per heavy atom. The minimum absolute atomic E-state index is 0.503. The van der Waals surface area contributed by atoms with Gasteiger partial charge in [-0.3, -0.25) is 0 Å². The average Bonchev–Trinajstić information content (AvgIpc) is 2.36. The van der Waals surface area contributed by atoms with Crippen molar-refractivity contribution in [3.63, 3.8) is 0 Å². The van der Waals surface area contributed by atoms with Gasteiger partial charge in [0.1, 0.15) is 5.82 Å². The van der Waals surface area contributed by atoms with E-state index in [-0.39, 0.29) is 0 Å². The van der Waals surface area contributed by atoms with Gasteiger partial charge in [0.2, 0.25) is 5.95 Å². The van der Waals surface area contributed by atoms with Crippen LogP contribution < -0.4 is 10.2 Å². The largest absolute Gasteiger partial charge is 0.354 e. The predicted octanol–water partition coefficient (Wildman–Crippen LogP) is 3.23. The summed E-state index contributed by atoms with van der Waals surface area (Å²) in [7, 11) is 0. The molecule has 0 bridgehead atoms. The van der Waals surface area contributed by atoms with Gasteiger partial charge in [-0.2, -0.15) is 4.98 Å². The van der Waals surface area contributed by atoms with E-state index in [1.165, 1.54) is 0 Å². The SMILES string of the molecule is CCCNc1nc(C)cc(N(CC)C(C)CC)n1. The summed E-state index contributed by atoms with van der Waals surface area (Å²) in [6, 6.07) is 2.57. The van der Waals surface area contributed by atoms with Gasteiger partial charge in [0, 0.05) is 30.9 Å². The summed E-state index contributed by atoms with van der Waals surface area (Å²) >= 11 is 0. The van der Waals surface area contributed by atoms with Gasteiger partial charge in [-0.05, 0) is 33.6 Å². The highest BCUT2D eigenvalue weighted by Crippen LogP contribution is 2.18. The van der Waals surface area contributed by atoms with E-state index in [1.54, 1.807) is 0 Å². The van der Waals surface area contributed by atoms with E-state index in [1.807, 2.05) is 6.92 Å². The lowest BCUT2D eigenvalue weighted by molar-refractivity contribution is 0.622. The van der Waals surface area contributed by atoms with Gasteiger partial charge in [0.25, 0.3) is 0 Å². The lowest BCUT2D eigenvalue weighted by Crippen LogP contribution is -2.33. The molecule has 1 aromatic rings. The van der Waals surface area contributed by atoms with E-state index in [0.717, 1.165) is 43.4 Å². The molecule has 1 N–H and O–H groups in total. The number of nitrogens with one attached hydrogen (secondary N) is 1. The second kappa shape index (κ2) is 7.19. The maximum absolute atomic E-state index is 4.62. The second-order valence-electron chi connectivity index (χ2n) is 4.66. The first-order valence-electron chi connectivity index (χ1n) is 6.98. The van der Waals surface area contributed by atoms with Crippen LogP contribution >= 0.6 is 0 Å². The van der Waals surface area contributed by atoms with Crippen LogP contribution in [0.15, 0.2) is 6.07 Å². The van der Waals surface area contributed by atoms with Crippen LogP contribution in [0.25, 0.3) is 0 Å². The zero-order valence-electron chi connectivity index (χ0n) is 12.3. The first-order chi connectivity index (χ1) is 8.62. The van der Waals surface area contributed by atoms with Crippen molar-refractivity contribution in [3.05, 3.63) is 11.8 Å². The van der Waals surface area contributed by atoms with Crippen LogP contribution in [0.3, 0.4) is 0 Å². The molecule has 1 unspecified atom stereocenters. The van der Waals surface area contributed by atoms with Crippen molar-refractivity contribution >= 4 is 11.8 Å². The molecule has 0 aromatic carbocycles. The number of hydrogen-bond acceptors (Lipinski definition) is 4. The van der Waals surface area contributed by atoms with Gasteiger partial charge in [-0.1, -0.05) is 13.8 Å². The Morgan fingerprint density at radius 3 is 2.56 bits per heavy atom.